The molecular formula is C9H16N2O2. The van der Waals surface area contributed by atoms with Crippen LogP contribution in [0.15, 0.2) is 0 Å². The molecule has 74 valence electrons. The van der Waals surface area contributed by atoms with E-state index < -0.39 is 0 Å². The highest BCUT2D eigenvalue weighted by atomic mass is 16.5. The van der Waals surface area contributed by atoms with Crippen molar-refractivity contribution in [3.63, 3.8) is 0 Å². The predicted molar refractivity (Wildman–Crippen MR) is 48.1 cm³/mol. The van der Waals surface area contributed by atoms with E-state index in [-0.39, 0.29) is 11.9 Å². The number of hydrogen-bond donors (Lipinski definition) is 1. The average Bonchev–Trinajstić information content (AvgIpc) is 2.71. The normalized spacial score (nSPS) is 34.5. The van der Waals surface area contributed by atoms with E-state index in [1.165, 1.54) is 0 Å². The number of rotatable bonds is 2. The first-order chi connectivity index (χ1) is 6.27. The molecule has 13 heavy (non-hydrogen) atoms. The number of carbonyl (C=O) groups is 1. The first-order valence-corrected chi connectivity index (χ1v) is 4.89. The number of amides is 1. The molecule has 0 spiro atoms. The fraction of sp³-hybridized carbons (Fsp3) is 0.889. The zero-order chi connectivity index (χ0) is 9.26. The Kier molecular flexibility index (Phi) is 2.51. The number of carbonyl (C=O) groups excluding carboxylic acids is 1. The number of hydrogen-bond acceptors (Lipinski definition) is 3. The van der Waals surface area contributed by atoms with Crippen molar-refractivity contribution in [3.8, 4) is 0 Å². The Morgan fingerprint density at radius 1 is 1.54 bits per heavy atom. The Morgan fingerprint density at radius 2 is 2.38 bits per heavy atom. The summed E-state index contributed by atoms with van der Waals surface area (Å²) in [6.45, 7) is 3.32. The fourth-order valence-corrected chi connectivity index (χ4v) is 1.98. The third-order valence-electron chi connectivity index (χ3n) is 2.84. The molecule has 1 amide bonds. The third-order valence-corrected chi connectivity index (χ3v) is 2.84. The van der Waals surface area contributed by atoms with Gasteiger partial charge in [-0.25, -0.2) is 0 Å². The minimum atomic E-state index is -0.248. The Balaban J connectivity index is 1.84. The van der Waals surface area contributed by atoms with Crippen LogP contribution in [0, 0.1) is 5.92 Å². The second kappa shape index (κ2) is 3.64. The summed E-state index contributed by atoms with van der Waals surface area (Å²) in [6, 6.07) is -0.248. The molecule has 4 nitrogen and oxygen atoms in total. The van der Waals surface area contributed by atoms with Crippen molar-refractivity contribution >= 4 is 5.91 Å². The van der Waals surface area contributed by atoms with Crippen LogP contribution in [0.2, 0.25) is 0 Å². The van der Waals surface area contributed by atoms with Crippen molar-refractivity contribution < 1.29 is 9.53 Å². The summed E-state index contributed by atoms with van der Waals surface area (Å²) in [4.78, 5) is 13.3. The maximum atomic E-state index is 11.5. The van der Waals surface area contributed by atoms with Crippen molar-refractivity contribution in [3.05, 3.63) is 0 Å². The second-order valence-electron chi connectivity index (χ2n) is 3.91. The maximum Gasteiger partial charge on any atom is 0.239 e. The van der Waals surface area contributed by atoms with Crippen molar-refractivity contribution in [1.82, 2.24) is 4.90 Å². The van der Waals surface area contributed by atoms with Crippen LogP contribution < -0.4 is 5.73 Å². The van der Waals surface area contributed by atoms with E-state index in [1.807, 2.05) is 4.90 Å². The first-order valence-electron chi connectivity index (χ1n) is 4.89. The van der Waals surface area contributed by atoms with Gasteiger partial charge < -0.3 is 15.4 Å². The minimum absolute atomic E-state index is 0.118. The largest absolute Gasteiger partial charge is 0.381 e. The van der Waals surface area contributed by atoms with Crippen LogP contribution in [-0.4, -0.2) is 43.2 Å². The quantitative estimate of drug-likeness (QED) is 0.634. The Morgan fingerprint density at radius 3 is 2.92 bits per heavy atom. The highest BCUT2D eigenvalue weighted by molar-refractivity contribution is 5.83. The zero-order valence-electron chi connectivity index (χ0n) is 7.74. The molecule has 2 saturated heterocycles. The number of nitrogens with zero attached hydrogens (tertiary/aromatic N) is 1. The van der Waals surface area contributed by atoms with E-state index in [0.717, 1.165) is 39.1 Å². The summed E-state index contributed by atoms with van der Waals surface area (Å²) in [5.74, 6) is 0.654. The van der Waals surface area contributed by atoms with Gasteiger partial charge in [0, 0.05) is 25.6 Å². The lowest BCUT2D eigenvalue weighted by Gasteiger charge is -2.19. The van der Waals surface area contributed by atoms with Gasteiger partial charge in [-0.15, -0.1) is 0 Å². The smallest absolute Gasteiger partial charge is 0.239 e. The van der Waals surface area contributed by atoms with Crippen LogP contribution in [0.4, 0.5) is 0 Å². The Hall–Kier alpha value is -0.610. The van der Waals surface area contributed by atoms with Gasteiger partial charge in [0.1, 0.15) is 0 Å². The molecule has 0 bridgehead atoms. The SMILES string of the molecule is NC1CCN(CC2CCOC2)C1=O. The molecule has 2 aliphatic rings. The molecule has 2 unspecified atom stereocenters. The van der Waals surface area contributed by atoms with Gasteiger partial charge in [-0.2, -0.15) is 0 Å². The zero-order valence-corrected chi connectivity index (χ0v) is 7.74. The number of likely N-dealkylation sites (tertiary alicyclic amines) is 1. The fourth-order valence-electron chi connectivity index (χ4n) is 1.98. The molecule has 2 rings (SSSR count). The van der Waals surface area contributed by atoms with E-state index in [4.69, 9.17) is 10.5 Å². The molecule has 2 atom stereocenters. The molecule has 0 aliphatic carbocycles. The van der Waals surface area contributed by atoms with Gasteiger partial charge in [-0.05, 0) is 12.8 Å². The van der Waals surface area contributed by atoms with Crippen LogP contribution >= 0.6 is 0 Å². The summed E-state index contributed by atoms with van der Waals surface area (Å²) < 4.78 is 5.26. The summed E-state index contributed by atoms with van der Waals surface area (Å²) in [7, 11) is 0. The lowest BCUT2D eigenvalue weighted by atomic mass is 10.1. The lowest BCUT2D eigenvalue weighted by molar-refractivity contribution is -0.129. The monoisotopic (exact) mass is 184 g/mol. The van der Waals surface area contributed by atoms with Crippen LogP contribution in [0.5, 0.6) is 0 Å². The Labute approximate surface area is 78.0 Å². The maximum absolute atomic E-state index is 11.5. The van der Waals surface area contributed by atoms with Crippen LogP contribution in [-0.2, 0) is 9.53 Å². The summed E-state index contributed by atoms with van der Waals surface area (Å²) in [6.07, 6.45) is 1.89. The lowest BCUT2D eigenvalue weighted by Crippen LogP contribution is -2.37. The molecule has 0 aromatic rings. The topological polar surface area (TPSA) is 55.6 Å². The predicted octanol–water partition coefficient (Wildman–Crippen LogP) is -0.418. The summed E-state index contributed by atoms with van der Waals surface area (Å²) >= 11 is 0. The van der Waals surface area contributed by atoms with E-state index in [0.29, 0.717) is 5.92 Å². The van der Waals surface area contributed by atoms with Crippen molar-refractivity contribution in [2.75, 3.05) is 26.3 Å². The third kappa shape index (κ3) is 1.84. The Bertz CT molecular complexity index is 202. The van der Waals surface area contributed by atoms with Gasteiger partial charge in [0.25, 0.3) is 0 Å². The first kappa shape index (κ1) is 8.97. The van der Waals surface area contributed by atoms with Gasteiger partial charge in [0.2, 0.25) is 5.91 Å². The number of nitrogens with two attached hydrogens (primary N) is 1. The molecular weight excluding hydrogens is 168 g/mol. The summed E-state index contributed by atoms with van der Waals surface area (Å²) in [5, 5.41) is 0. The van der Waals surface area contributed by atoms with E-state index in [2.05, 4.69) is 0 Å². The molecule has 2 aliphatic heterocycles. The van der Waals surface area contributed by atoms with E-state index in [1.54, 1.807) is 0 Å². The molecule has 0 saturated carbocycles. The van der Waals surface area contributed by atoms with Gasteiger partial charge in [-0.1, -0.05) is 0 Å². The molecule has 2 fully saturated rings. The highest BCUT2D eigenvalue weighted by Gasteiger charge is 2.30. The minimum Gasteiger partial charge on any atom is -0.381 e. The van der Waals surface area contributed by atoms with Gasteiger partial charge in [-0.3, -0.25) is 4.79 Å². The van der Waals surface area contributed by atoms with Crippen LogP contribution in [0.3, 0.4) is 0 Å². The van der Waals surface area contributed by atoms with Crippen LogP contribution in [0.1, 0.15) is 12.8 Å². The van der Waals surface area contributed by atoms with Gasteiger partial charge >= 0.3 is 0 Å². The average molecular weight is 184 g/mol. The second-order valence-corrected chi connectivity index (χ2v) is 3.91. The van der Waals surface area contributed by atoms with Gasteiger partial charge in [0.15, 0.2) is 0 Å². The highest BCUT2D eigenvalue weighted by Crippen LogP contribution is 2.17. The van der Waals surface area contributed by atoms with Crippen molar-refractivity contribution in [1.29, 1.82) is 0 Å². The molecule has 2 N–H and O–H groups in total. The standard InChI is InChI=1S/C9H16N2O2/c10-8-1-3-11(9(8)12)5-7-2-4-13-6-7/h7-8H,1-6,10H2. The molecule has 0 aromatic heterocycles. The molecule has 0 aromatic carbocycles. The van der Waals surface area contributed by atoms with Crippen molar-refractivity contribution in [2.45, 2.75) is 18.9 Å². The summed E-state index contributed by atoms with van der Waals surface area (Å²) in [5.41, 5.74) is 5.62. The number of ether oxygens (including phenoxy) is 1. The van der Waals surface area contributed by atoms with E-state index in [9.17, 15) is 4.79 Å². The van der Waals surface area contributed by atoms with E-state index >= 15 is 0 Å². The molecule has 2 heterocycles. The van der Waals surface area contributed by atoms with Crippen LogP contribution in [0.25, 0.3) is 0 Å². The molecule has 0 radical (unpaired) electrons. The van der Waals surface area contributed by atoms with Crippen molar-refractivity contribution in [2.24, 2.45) is 11.7 Å². The molecule has 4 heteroatoms. The van der Waals surface area contributed by atoms with Gasteiger partial charge in [0.05, 0.1) is 12.6 Å².